The molecule has 2 aromatic carbocycles. The summed E-state index contributed by atoms with van der Waals surface area (Å²) < 4.78 is 30.4. The van der Waals surface area contributed by atoms with Gasteiger partial charge in [-0.3, -0.25) is 0 Å². The maximum atomic E-state index is 14.2. The number of aromatic carboxylic acids is 1. The molecule has 1 aromatic heterocycles. The second-order valence-corrected chi connectivity index (χ2v) is 8.45. The summed E-state index contributed by atoms with van der Waals surface area (Å²) in [4.78, 5) is 18.5. The maximum absolute atomic E-state index is 14.2. The first-order valence-electron chi connectivity index (χ1n) is 10.9. The predicted octanol–water partition coefficient (Wildman–Crippen LogP) is 4.79. The molecule has 3 aromatic rings. The third kappa shape index (κ3) is 4.60. The molecule has 0 spiro atoms. The molecule has 6 nitrogen and oxygen atoms in total. The molecule has 1 aliphatic rings. The summed E-state index contributed by atoms with van der Waals surface area (Å²) >= 11 is 0. The van der Waals surface area contributed by atoms with Crippen molar-refractivity contribution in [1.82, 2.24) is 14.5 Å². The largest absolute Gasteiger partial charge is 0.478 e. The molecule has 170 valence electrons. The molecule has 1 saturated heterocycles. The van der Waals surface area contributed by atoms with E-state index in [1.165, 1.54) is 18.2 Å². The van der Waals surface area contributed by atoms with Gasteiger partial charge >= 0.3 is 5.97 Å². The Hall–Kier alpha value is -3.00. The van der Waals surface area contributed by atoms with E-state index >= 15 is 0 Å². The number of imidazole rings is 1. The molecule has 1 fully saturated rings. The van der Waals surface area contributed by atoms with Gasteiger partial charge in [-0.05, 0) is 49.7 Å². The number of fused-ring (bicyclic) bond motifs is 1. The zero-order chi connectivity index (χ0) is 22.9. The van der Waals surface area contributed by atoms with E-state index in [2.05, 4.69) is 22.1 Å². The highest BCUT2D eigenvalue weighted by Gasteiger charge is 2.28. The van der Waals surface area contributed by atoms with E-state index < -0.39 is 11.9 Å². The summed E-state index contributed by atoms with van der Waals surface area (Å²) in [5.74, 6) is -3.43. The van der Waals surface area contributed by atoms with Crippen LogP contribution in [0.15, 0.2) is 42.5 Å². The number of halogens is 2. The Morgan fingerprint density at radius 2 is 2.06 bits per heavy atom. The van der Waals surface area contributed by atoms with Crippen LogP contribution in [0.2, 0.25) is 0 Å². The first-order valence-corrected chi connectivity index (χ1v) is 10.9. The molecule has 32 heavy (non-hydrogen) atoms. The van der Waals surface area contributed by atoms with E-state index in [-0.39, 0.29) is 23.7 Å². The second-order valence-electron chi connectivity index (χ2n) is 8.45. The second kappa shape index (κ2) is 8.86. The molecule has 2 N–H and O–H groups in total. The fourth-order valence-electron chi connectivity index (χ4n) is 4.43. The number of alkyl halides is 2. The number of carboxylic acids is 1. The van der Waals surface area contributed by atoms with Gasteiger partial charge in [0.05, 0.1) is 23.1 Å². The van der Waals surface area contributed by atoms with Crippen LogP contribution in [-0.2, 0) is 12.5 Å². The molecule has 0 radical (unpaired) electrons. The van der Waals surface area contributed by atoms with E-state index in [0.717, 1.165) is 39.4 Å². The number of likely N-dealkylation sites (N-methyl/N-ethyl adjacent to an activating group) is 1. The lowest BCUT2D eigenvalue weighted by Gasteiger charge is -2.32. The molecule has 4 rings (SSSR count). The Morgan fingerprint density at radius 3 is 2.78 bits per heavy atom. The van der Waals surface area contributed by atoms with Gasteiger partial charge < -0.3 is 19.9 Å². The number of carboxylic acid groups (broad SMARTS) is 1. The Labute approximate surface area is 185 Å². The lowest BCUT2D eigenvalue weighted by molar-refractivity contribution is 0.0164. The van der Waals surface area contributed by atoms with Crippen LogP contribution in [0.25, 0.3) is 11.0 Å². The monoisotopic (exact) mass is 442 g/mol. The average molecular weight is 443 g/mol. The van der Waals surface area contributed by atoms with Crippen LogP contribution < -0.4 is 5.32 Å². The van der Waals surface area contributed by atoms with Crippen molar-refractivity contribution < 1.29 is 18.7 Å². The molecular formula is C24H28F2N4O2. The predicted molar refractivity (Wildman–Crippen MR) is 121 cm³/mol. The first-order chi connectivity index (χ1) is 15.3. The van der Waals surface area contributed by atoms with Crippen LogP contribution in [0.3, 0.4) is 0 Å². The normalized spacial score (nSPS) is 17.6. The molecular weight excluding hydrogens is 414 g/mol. The fraction of sp³-hybridized carbons (Fsp3) is 0.417. The molecule has 1 atom stereocenters. The number of likely N-dealkylation sites (tertiary alicyclic amines) is 1. The van der Waals surface area contributed by atoms with Gasteiger partial charge in [0.15, 0.2) is 0 Å². The molecule has 1 aliphatic heterocycles. The first kappa shape index (κ1) is 22.2. The van der Waals surface area contributed by atoms with Gasteiger partial charge in [-0.25, -0.2) is 18.6 Å². The van der Waals surface area contributed by atoms with E-state index in [1.54, 1.807) is 24.3 Å². The minimum atomic E-state index is -2.97. The van der Waals surface area contributed by atoms with E-state index in [4.69, 9.17) is 0 Å². The van der Waals surface area contributed by atoms with E-state index in [9.17, 15) is 18.7 Å². The number of anilines is 1. The quantitative estimate of drug-likeness (QED) is 0.551. The Balaban J connectivity index is 1.76. The van der Waals surface area contributed by atoms with Gasteiger partial charge in [-0.15, -0.1) is 0 Å². The zero-order valence-corrected chi connectivity index (χ0v) is 18.3. The van der Waals surface area contributed by atoms with Gasteiger partial charge in [0.2, 0.25) is 5.95 Å². The minimum absolute atomic E-state index is 0.0234. The number of hydrogen-bond donors (Lipinski definition) is 2. The van der Waals surface area contributed by atoms with Crippen LogP contribution in [-0.4, -0.2) is 51.2 Å². The molecule has 8 heteroatoms. The van der Waals surface area contributed by atoms with Crippen LogP contribution in [0.5, 0.6) is 0 Å². The summed E-state index contributed by atoms with van der Waals surface area (Å²) in [7, 11) is 0. The Kier molecular flexibility index (Phi) is 6.15. The summed E-state index contributed by atoms with van der Waals surface area (Å²) in [5.41, 5.74) is 1.85. The number of piperidine rings is 1. The summed E-state index contributed by atoms with van der Waals surface area (Å²) in [6, 6.07) is 11.4. The van der Waals surface area contributed by atoms with Crippen molar-refractivity contribution >= 4 is 23.0 Å². The van der Waals surface area contributed by atoms with Crippen molar-refractivity contribution in [3.05, 3.63) is 59.2 Å². The van der Waals surface area contributed by atoms with Crippen molar-refractivity contribution in [2.45, 2.75) is 45.2 Å². The lowest BCUT2D eigenvalue weighted by atomic mass is 10.0. The molecule has 0 amide bonds. The number of aromatic nitrogens is 2. The molecule has 0 aliphatic carbocycles. The number of nitrogens with zero attached hydrogens (tertiary/aromatic N) is 3. The van der Waals surface area contributed by atoms with Gasteiger partial charge in [0.1, 0.15) is 0 Å². The lowest BCUT2D eigenvalue weighted by Crippen LogP contribution is -2.42. The zero-order valence-electron chi connectivity index (χ0n) is 18.3. The van der Waals surface area contributed by atoms with Gasteiger partial charge in [0, 0.05) is 25.1 Å². The fourth-order valence-corrected chi connectivity index (χ4v) is 4.43. The highest BCUT2D eigenvalue weighted by atomic mass is 19.3. The molecule has 0 bridgehead atoms. The number of rotatable bonds is 7. The van der Waals surface area contributed by atoms with Gasteiger partial charge in [-0.2, -0.15) is 0 Å². The standard InChI is InChI=1S/C24H28F2N4O2/c1-3-29-12-6-8-18(15-29)27-23-28-20-13-16(22(31)32)10-11-21(20)30(23)14-17-7-4-5-9-19(17)24(2,25)26/h4-5,7,9-11,13,18H,3,6,8,12,14-15H2,1-2H3,(H,27,28)(H,31,32)/t18-/m0/s1. The SMILES string of the molecule is CCN1CCC[C@H](Nc2nc3cc(C(=O)O)ccc3n2Cc2ccccc2C(C)(F)F)C1. The summed E-state index contributed by atoms with van der Waals surface area (Å²) in [6.07, 6.45) is 2.06. The number of hydrogen-bond acceptors (Lipinski definition) is 4. The smallest absolute Gasteiger partial charge is 0.335 e. The molecule has 0 saturated carbocycles. The average Bonchev–Trinajstić information content (AvgIpc) is 3.09. The third-order valence-corrected chi connectivity index (χ3v) is 6.10. The van der Waals surface area contributed by atoms with Crippen molar-refractivity contribution in [2.75, 3.05) is 25.0 Å². The summed E-state index contributed by atoms with van der Waals surface area (Å²) in [6.45, 7) is 6.14. The Morgan fingerprint density at radius 1 is 1.28 bits per heavy atom. The maximum Gasteiger partial charge on any atom is 0.335 e. The highest BCUT2D eigenvalue weighted by molar-refractivity contribution is 5.93. The van der Waals surface area contributed by atoms with Gasteiger partial charge in [-0.1, -0.05) is 31.2 Å². The van der Waals surface area contributed by atoms with Crippen molar-refractivity contribution in [2.24, 2.45) is 0 Å². The van der Waals surface area contributed by atoms with E-state index in [1.807, 2.05) is 4.57 Å². The van der Waals surface area contributed by atoms with Crippen LogP contribution in [0, 0.1) is 0 Å². The number of carbonyl (C=O) groups is 1. The van der Waals surface area contributed by atoms with Crippen LogP contribution in [0.1, 0.15) is 48.2 Å². The van der Waals surface area contributed by atoms with Crippen molar-refractivity contribution in [3.8, 4) is 0 Å². The molecule has 0 unspecified atom stereocenters. The summed E-state index contributed by atoms with van der Waals surface area (Å²) in [5, 5.41) is 12.9. The van der Waals surface area contributed by atoms with Crippen LogP contribution >= 0.6 is 0 Å². The third-order valence-electron chi connectivity index (χ3n) is 6.10. The Bertz CT molecular complexity index is 1120. The van der Waals surface area contributed by atoms with Gasteiger partial charge in [0.25, 0.3) is 5.92 Å². The van der Waals surface area contributed by atoms with E-state index in [0.29, 0.717) is 22.5 Å². The minimum Gasteiger partial charge on any atom is -0.478 e. The number of nitrogens with one attached hydrogen (secondary N) is 1. The highest BCUT2D eigenvalue weighted by Crippen LogP contribution is 2.32. The molecule has 2 heterocycles. The van der Waals surface area contributed by atoms with Crippen molar-refractivity contribution in [3.63, 3.8) is 0 Å². The van der Waals surface area contributed by atoms with Crippen LogP contribution in [0.4, 0.5) is 14.7 Å². The van der Waals surface area contributed by atoms with Crippen molar-refractivity contribution in [1.29, 1.82) is 0 Å². The topological polar surface area (TPSA) is 70.4 Å². The number of benzene rings is 2.